The number of fused-ring (bicyclic) bond motifs is 1. The Hall–Kier alpha value is -3.94. The molecule has 220 valence electrons. The lowest BCUT2D eigenvalue weighted by Crippen LogP contribution is -2.60. The molecule has 6 rings (SSSR count). The average Bonchev–Trinajstić information content (AvgIpc) is 3.45. The molecule has 1 atom stereocenters. The Morgan fingerprint density at radius 2 is 1.44 bits per heavy atom. The largest absolute Gasteiger partial charge is 0.325 e. The van der Waals surface area contributed by atoms with Crippen molar-refractivity contribution in [2.75, 3.05) is 25.0 Å². The van der Waals surface area contributed by atoms with Crippen LogP contribution in [0.25, 0.3) is 20.8 Å². The van der Waals surface area contributed by atoms with Gasteiger partial charge in [-0.25, -0.2) is 21.8 Å². The maximum absolute atomic E-state index is 13.7. The van der Waals surface area contributed by atoms with Crippen LogP contribution < -0.4 is 5.32 Å². The molecule has 2 heterocycles. The van der Waals surface area contributed by atoms with Gasteiger partial charge in [0.25, 0.3) is 0 Å². The van der Waals surface area contributed by atoms with Gasteiger partial charge in [0.1, 0.15) is 11.0 Å². The fraction of sp³-hybridized carbons (Fsp3) is 0.161. The van der Waals surface area contributed by atoms with Crippen molar-refractivity contribution in [2.45, 2.75) is 22.8 Å². The van der Waals surface area contributed by atoms with Crippen LogP contribution in [0.5, 0.6) is 0 Å². The summed E-state index contributed by atoms with van der Waals surface area (Å²) in [6.07, 6.45) is 0. The van der Waals surface area contributed by atoms with Gasteiger partial charge in [-0.05, 0) is 73.2 Å². The number of aryl methyl sites for hydroxylation is 1. The van der Waals surface area contributed by atoms with Crippen LogP contribution in [0.15, 0.2) is 113 Å². The molecule has 1 aliphatic rings. The molecular weight excluding hydrogens is 605 g/mol. The van der Waals surface area contributed by atoms with Gasteiger partial charge in [0.2, 0.25) is 26.0 Å². The van der Waals surface area contributed by atoms with E-state index in [0.29, 0.717) is 5.69 Å². The highest BCUT2D eigenvalue weighted by atomic mass is 32.2. The number of amides is 1. The molecule has 1 saturated heterocycles. The third kappa shape index (κ3) is 5.84. The molecule has 1 N–H and O–H groups in total. The molecule has 5 aromatic rings. The Balaban J connectivity index is 1.27. The van der Waals surface area contributed by atoms with Crippen LogP contribution in [0.1, 0.15) is 5.56 Å². The highest BCUT2D eigenvalue weighted by Gasteiger charge is 2.43. The van der Waals surface area contributed by atoms with Crippen LogP contribution in [0.4, 0.5) is 5.69 Å². The van der Waals surface area contributed by atoms with E-state index in [9.17, 15) is 21.6 Å². The van der Waals surface area contributed by atoms with Crippen molar-refractivity contribution in [1.29, 1.82) is 0 Å². The lowest BCUT2D eigenvalue weighted by molar-refractivity contribution is -0.120. The van der Waals surface area contributed by atoms with E-state index in [1.807, 2.05) is 31.2 Å². The van der Waals surface area contributed by atoms with E-state index in [2.05, 4.69) is 11.4 Å². The first-order valence-corrected chi connectivity index (χ1v) is 17.2. The molecule has 12 heteroatoms. The minimum atomic E-state index is -4.10. The highest BCUT2D eigenvalue weighted by molar-refractivity contribution is 7.89. The molecule has 0 unspecified atom stereocenters. The van der Waals surface area contributed by atoms with Gasteiger partial charge in [-0.1, -0.05) is 42.5 Å². The summed E-state index contributed by atoms with van der Waals surface area (Å²) >= 11 is 1.57. The van der Waals surface area contributed by atoms with Gasteiger partial charge in [0, 0.05) is 30.9 Å². The molecule has 0 aliphatic carbocycles. The standard InChI is InChI=1S/C31H28N4O5S3/c1-22-12-17-27-29(20-22)41-31(33-27)23-13-15-24(16-14-23)32-30(36)28-21-34(42(37,38)25-8-4-2-5-9-25)18-19-35(28)43(39,40)26-10-6-3-7-11-26/h2-17,20,28H,18-19,21H2,1H3,(H,32,36)/t28-/m1/s1. The van der Waals surface area contributed by atoms with E-state index in [1.54, 1.807) is 59.9 Å². The van der Waals surface area contributed by atoms with Gasteiger partial charge in [-0.3, -0.25) is 4.79 Å². The molecule has 0 bridgehead atoms. The normalized spacial score (nSPS) is 16.7. The van der Waals surface area contributed by atoms with Gasteiger partial charge >= 0.3 is 0 Å². The van der Waals surface area contributed by atoms with E-state index in [-0.39, 0.29) is 29.4 Å². The second-order valence-electron chi connectivity index (χ2n) is 10.2. The number of thiazole rings is 1. The summed E-state index contributed by atoms with van der Waals surface area (Å²) in [5.74, 6) is -0.629. The number of benzene rings is 4. The van der Waals surface area contributed by atoms with Crippen molar-refractivity contribution in [3.8, 4) is 10.6 Å². The van der Waals surface area contributed by atoms with Crippen molar-refractivity contribution in [3.63, 3.8) is 0 Å². The fourth-order valence-corrected chi connectivity index (χ4v) is 9.13. The number of nitrogens with one attached hydrogen (secondary N) is 1. The first-order chi connectivity index (χ1) is 20.6. The van der Waals surface area contributed by atoms with Crippen LogP contribution in [0.3, 0.4) is 0 Å². The smallest absolute Gasteiger partial charge is 0.244 e. The third-order valence-corrected chi connectivity index (χ3v) is 12.1. The topological polar surface area (TPSA) is 117 Å². The van der Waals surface area contributed by atoms with Crippen LogP contribution in [-0.2, 0) is 24.8 Å². The van der Waals surface area contributed by atoms with Crippen molar-refractivity contribution < 1.29 is 21.6 Å². The summed E-state index contributed by atoms with van der Waals surface area (Å²) in [4.78, 5) is 18.5. The number of sulfonamides is 2. The second-order valence-corrected chi connectivity index (χ2v) is 15.0. The molecular formula is C31H28N4O5S3. The predicted molar refractivity (Wildman–Crippen MR) is 168 cm³/mol. The zero-order valence-electron chi connectivity index (χ0n) is 23.1. The summed E-state index contributed by atoms with van der Waals surface area (Å²) in [7, 11) is -8.06. The molecule has 43 heavy (non-hydrogen) atoms. The minimum Gasteiger partial charge on any atom is -0.325 e. The fourth-order valence-electron chi connectivity index (χ4n) is 5.01. The third-order valence-electron chi connectivity index (χ3n) is 7.27. The van der Waals surface area contributed by atoms with E-state index in [0.717, 1.165) is 30.7 Å². The summed E-state index contributed by atoms with van der Waals surface area (Å²) < 4.78 is 57.5. The predicted octanol–water partition coefficient (Wildman–Crippen LogP) is 4.97. The van der Waals surface area contributed by atoms with Gasteiger partial charge in [0.15, 0.2) is 0 Å². The Kier molecular flexibility index (Phi) is 7.88. The van der Waals surface area contributed by atoms with E-state index < -0.39 is 32.0 Å². The quantitative estimate of drug-likeness (QED) is 0.271. The highest BCUT2D eigenvalue weighted by Crippen LogP contribution is 2.32. The van der Waals surface area contributed by atoms with Crippen LogP contribution >= 0.6 is 11.3 Å². The molecule has 9 nitrogen and oxygen atoms in total. The second kappa shape index (κ2) is 11.6. The number of anilines is 1. The van der Waals surface area contributed by atoms with E-state index in [4.69, 9.17) is 4.98 Å². The SMILES string of the molecule is Cc1ccc2nc(-c3ccc(NC(=O)[C@H]4CN(S(=O)(=O)c5ccccc5)CCN4S(=O)(=O)c4ccccc4)cc3)sc2c1. The van der Waals surface area contributed by atoms with Crippen LogP contribution in [0.2, 0.25) is 0 Å². The number of carbonyl (C=O) groups is 1. The van der Waals surface area contributed by atoms with Gasteiger partial charge in [0.05, 0.1) is 20.0 Å². The number of carbonyl (C=O) groups excluding carboxylic acids is 1. The Morgan fingerprint density at radius 1 is 0.814 bits per heavy atom. The Bertz CT molecular complexity index is 2000. The number of hydrogen-bond acceptors (Lipinski definition) is 7. The van der Waals surface area contributed by atoms with E-state index >= 15 is 0 Å². The number of aromatic nitrogens is 1. The number of piperazine rings is 1. The van der Waals surface area contributed by atoms with Crippen LogP contribution in [0, 0.1) is 6.92 Å². The lowest BCUT2D eigenvalue weighted by atomic mass is 10.2. The number of nitrogens with zero attached hydrogens (tertiary/aromatic N) is 3. The van der Waals surface area contributed by atoms with Gasteiger partial charge in [-0.2, -0.15) is 8.61 Å². The summed E-state index contributed by atoms with van der Waals surface area (Å²) in [5.41, 5.74) is 3.39. The summed E-state index contributed by atoms with van der Waals surface area (Å²) in [6.45, 7) is 1.42. The zero-order chi connectivity index (χ0) is 30.2. The monoisotopic (exact) mass is 632 g/mol. The molecule has 4 aromatic carbocycles. The van der Waals surface area contributed by atoms with Crippen molar-refractivity contribution in [3.05, 3.63) is 109 Å². The number of hydrogen-bond donors (Lipinski definition) is 1. The Labute approximate surface area is 254 Å². The molecule has 1 amide bonds. The molecule has 1 aliphatic heterocycles. The molecule has 0 saturated carbocycles. The van der Waals surface area contributed by atoms with Crippen molar-refractivity contribution >= 4 is 53.2 Å². The van der Waals surface area contributed by atoms with E-state index in [1.165, 1.54) is 28.6 Å². The van der Waals surface area contributed by atoms with Crippen molar-refractivity contribution in [1.82, 2.24) is 13.6 Å². The molecule has 1 aromatic heterocycles. The van der Waals surface area contributed by atoms with Crippen LogP contribution in [-0.4, -0.2) is 62.0 Å². The summed E-state index contributed by atoms with van der Waals surface area (Å²) in [5, 5.41) is 3.65. The maximum Gasteiger partial charge on any atom is 0.244 e. The maximum atomic E-state index is 13.7. The zero-order valence-corrected chi connectivity index (χ0v) is 25.6. The Morgan fingerprint density at radius 3 is 2.09 bits per heavy atom. The van der Waals surface area contributed by atoms with Crippen molar-refractivity contribution in [2.24, 2.45) is 0 Å². The molecule has 0 spiro atoms. The first kappa shape index (κ1) is 29.1. The van der Waals surface area contributed by atoms with Gasteiger partial charge in [-0.15, -0.1) is 11.3 Å². The first-order valence-electron chi connectivity index (χ1n) is 13.5. The minimum absolute atomic E-state index is 0.0301. The summed E-state index contributed by atoms with van der Waals surface area (Å²) in [6, 6.07) is 27.6. The average molecular weight is 633 g/mol. The lowest BCUT2D eigenvalue weighted by Gasteiger charge is -2.38. The molecule has 1 fully saturated rings. The number of rotatable bonds is 7. The molecule has 0 radical (unpaired) electrons. The van der Waals surface area contributed by atoms with Gasteiger partial charge < -0.3 is 5.32 Å².